The number of rotatable bonds is 2. The highest BCUT2D eigenvalue weighted by molar-refractivity contribution is 6.38. The number of nitrogens with one attached hydrogen (secondary N) is 2. The summed E-state index contributed by atoms with van der Waals surface area (Å²) in [6.45, 7) is 2.62. The number of hydrogen-bond donors (Lipinski definition) is 2. The number of nitrogens with zero attached hydrogens (tertiary/aromatic N) is 3. The summed E-state index contributed by atoms with van der Waals surface area (Å²) in [7, 11) is 2.03. The molecule has 6 nitrogen and oxygen atoms in total. The summed E-state index contributed by atoms with van der Waals surface area (Å²) in [4.78, 5) is 9.75. The minimum Gasteiger partial charge on any atom is -0.349 e. The monoisotopic (exact) mass is 371 g/mol. The van der Waals surface area contributed by atoms with Gasteiger partial charge in [0.2, 0.25) is 0 Å². The summed E-state index contributed by atoms with van der Waals surface area (Å²) in [5.74, 6) is 0.572. The standard InChI is InChI=1S/C15H15ClFN5O.ClH/c1-22-5-4-18-7-11(22)14-20-15(23-21-14)13-12(16)9-6-8(17)2-3-10(9)19-13;/h2-3,6,11,18-19H,4-5,7H2,1H3;1H. The Labute approximate surface area is 148 Å². The van der Waals surface area contributed by atoms with Gasteiger partial charge >= 0.3 is 0 Å². The Hall–Kier alpha value is -1.67. The molecular weight excluding hydrogens is 356 g/mol. The molecule has 1 atom stereocenters. The van der Waals surface area contributed by atoms with E-state index in [1.807, 2.05) is 7.05 Å². The zero-order chi connectivity index (χ0) is 16.0. The van der Waals surface area contributed by atoms with E-state index in [0.717, 1.165) is 25.2 Å². The highest BCUT2D eigenvalue weighted by Crippen LogP contribution is 2.34. The molecule has 0 spiro atoms. The van der Waals surface area contributed by atoms with Gasteiger partial charge in [-0.25, -0.2) is 4.39 Å². The average molecular weight is 372 g/mol. The molecule has 4 rings (SSSR count). The molecule has 1 fully saturated rings. The molecule has 1 saturated heterocycles. The maximum Gasteiger partial charge on any atom is 0.275 e. The molecule has 3 aromatic rings. The highest BCUT2D eigenvalue weighted by atomic mass is 35.5. The molecule has 128 valence electrons. The van der Waals surface area contributed by atoms with Gasteiger partial charge < -0.3 is 14.8 Å². The molecular formula is C15H16Cl2FN5O. The van der Waals surface area contributed by atoms with Gasteiger partial charge in [0.25, 0.3) is 5.89 Å². The van der Waals surface area contributed by atoms with E-state index in [-0.39, 0.29) is 24.3 Å². The van der Waals surface area contributed by atoms with Crippen LogP contribution in [0.15, 0.2) is 22.7 Å². The summed E-state index contributed by atoms with van der Waals surface area (Å²) in [6, 6.07) is 4.45. The molecule has 9 heteroatoms. The number of halogens is 3. The van der Waals surface area contributed by atoms with Gasteiger partial charge in [0, 0.05) is 30.5 Å². The summed E-state index contributed by atoms with van der Waals surface area (Å²) in [6.07, 6.45) is 0. The first-order valence-corrected chi connectivity index (χ1v) is 7.73. The van der Waals surface area contributed by atoms with E-state index in [1.54, 1.807) is 6.07 Å². The Morgan fingerprint density at radius 1 is 1.42 bits per heavy atom. The van der Waals surface area contributed by atoms with Crippen LogP contribution in [0.3, 0.4) is 0 Å². The van der Waals surface area contributed by atoms with Crippen molar-refractivity contribution in [1.82, 2.24) is 25.3 Å². The van der Waals surface area contributed by atoms with Crippen molar-refractivity contribution in [3.05, 3.63) is 34.9 Å². The highest BCUT2D eigenvalue weighted by Gasteiger charge is 2.26. The zero-order valence-corrected chi connectivity index (χ0v) is 14.4. The average Bonchev–Trinajstić information content (AvgIpc) is 3.13. The molecule has 1 unspecified atom stereocenters. The van der Waals surface area contributed by atoms with Crippen LogP contribution < -0.4 is 5.32 Å². The normalized spacial score (nSPS) is 18.7. The lowest BCUT2D eigenvalue weighted by molar-refractivity contribution is 0.190. The molecule has 1 aliphatic heterocycles. The molecule has 3 heterocycles. The third kappa shape index (κ3) is 2.88. The SMILES string of the molecule is CN1CCNCC1c1noc(-c2[nH]c3ccc(F)cc3c2Cl)n1.Cl. The van der Waals surface area contributed by atoms with Crippen molar-refractivity contribution >= 4 is 34.9 Å². The fourth-order valence-corrected chi connectivity index (χ4v) is 3.13. The number of aromatic nitrogens is 3. The summed E-state index contributed by atoms with van der Waals surface area (Å²) in [5.41, 5.74) is 1.24. The number of benzene rings is 1. The van der Waals surface area contributed by atoms with Gasteiger partial charge in [0.05, 0.1) is 11.1 Å². The number of H-pyrrole nitrogens is 1. The van der Waals surface area contributed by atoms with E-state index in [1.165, 1.54) is 12.1 Å². The van der Waals surface area contributed by atoms with Gasteiger partial charge in [-0.2, -0.15) is 4.98 Å². The fourth-order valence-electron chi connectivity index (χ4n) is 2.84. The van der Waals surface area contributed by atoms with Crippen LogP contribution in [0.1, 0.15) is 11.9 Å². The second-order valence-electron chi connectivity index (χ2n) is 5.66. The van der Waals surface area contributed by atoms with Crippen LogP contribution in [0.4, 0.5) is 4.39 Å². The molecule has 0 amide bonds. The number of fused-ring (bicyclic) bond motifs is 1. The van der Waals surface area contributed by atoms with Gasteiger partial charge in [0.1, 0.15) is 11.5 Å². The molecule has 2 aromatic heterocycles. The predicted octanol–water partition coefficient (Wildman–Crippen LogP) is 3.01. The maximum absolute atomic E-state index is 13.4. The van der Waals surface area contributed by atoms with Crippen molar-refractivity contribution < 1.29 is 8.91 Å². The lowest BCUT2D eigenvalue weighted by Gasteiger charge is -2.30. The minimum absolute atomic E-state index is 0. The number of aromatic amines is 1. The van der Waals surface area contributed by atoms with Crippen LogP contribution in [-0.4, -0.2) is 46.7 Å². The quantitative estimate of drug-likeness (QED) is 0.724. The second-order valence-corrected chi connectivity index (χ2v) is 6.04. The molecule has 0 bridgehead atoms. The first kappa shape index (κ1) is 17.2. The van der Waals surface area contributed by atoms with E-state index in [2.05, 4.69) is 25.3 Å². The van der Waals surface area contributed by atoms with Crippen molar-refractivity contribution in [1.29, 1.82) is 0 Å². The van der Waals surface area contributed by atoms with Crippen LogP contribution in [-0.2, 0) is 0 Å². The van der Waals surface area contributed by atoms with E-state index in [0.29, 0.717) is 27.8 Å². The first-order valence-electron chi connectivity index (χ1n) is 7.35. The molecule has 0 saturated carbocycles. The molecule has 2 N–H and O–H groups in total. The molecule has 1 aromatic carbocycles. The third-order valence-corrected chi connectivity index (χ3v) is 4.55. The van der Waals surface area contributed by atoms with Crippen molar-refractivity contribution in [3.8, 4) is 11.6 Å². The Morgan fingerprint density at radius 3 is 3.04 bits per heavy atom. The lowest BCUT2D eigenvalue weighted by Crippen LogP contribution is -2.44. The van der Waals surface area contributed by atoms with Gasteiger partial charge in [0.15, 0.2) is 5.82 Å². The predicted molar refractivity (Wildman–Crippen MR) is 92.0 cm³/mol. The van der Waals surface area contributed by atoms with Gasteiger partial charge in [-0.05, 0) is 25.2 Å². The fraction of sp³-hybridized carbons (Fsp3) is 0.333. The van der Waals surface area contributed by atoms with Crippen LogP contribution >= 0.6 is 24.0 Å². The van der Waals surface area contributed by atoms with Gasteiger partial charge in [-0.15, -0.1) is 12.4 Å². The Morgan fingerprint density at radius 2 is 2.25 bits per heavy atom. The lowest BCUT2D eigenvalue weighted by atomic mass is 10.2. The smallest absolute Gasteiger partial charge is 0.275 e. The van der Waals surface area contributed by atoms with Crippen LogP contribution in [0.5, 0.6) is 0 Å². The first-order chi connectivity index (χ1) is 11.1. The van der Waals surface area contributed by atoms with E-state index in [9.17, 15) is 4.39 Å². The molecule has 0 radical (unpaired) electrons. The van der Waals surface area contributed by atoms with Crippen molar-refractivity contribution in [2.24, 2.45) is 0 Å². The van der Waals surface area contributed by atoms with Gasteiger partial charge in [-0.3, -0.25) is 4.90 Å². The Balaban J connectivity index is 0.00000169. The van der Waals surface area contributed by atoms with E-state index >= 15 is 0 Å². The Bertz CT molecular complexity index is 865. The van der Waals surface area contributed by atoms with E-state index < -0.39 is 0 Å². The van der Waals surface area contributed by atoms with Crippen LogP contribution in [0, 0.1) is 5.82 Å². The van der Waals surface area contributed by atoms with Crippen molar-refractivity contribution in [3.63, 3.8) is 0 Å². The summed E-state index contributed by atoms with van der Waals surface area (Å²) < 4.78 is 18.7. The molecule has 24 heavy (non-hydrogen) atoms. The Kier molecular flexibility index (Phi) is 4.78. The molecule has 0 aliphatic carbocycles. The minimum atomic E-state index is -0.342. The topological polar surface area (TPSA) is 70.0 Å². The molecule has 1 aliphatic rings. The largest absolute Gasteiger partial charge is 0.349 e. The maximum atomic E-state index is 13.4. The summed E-state index contributed by atoms with van der Waals surface area (Å²) in [5, 5.41) is 8.36. The number of piperazine rings is 1. The number of hydrogen-bond acceptors (Lipinski definition) is 5. The van der Waals surface area contributed by atoms with Crippen molar-refractivity contribution in [2.75, 3.05) is 26.7 Å². The van der Waals surface area contributed by atoms with E-state index in [4.69, 9.17) is 16.1 Å². The number of likely N-dealkylation sites (N-methyl/N-ethyl adjacent to an activating group) is 1. The second kappa shape index (κ2) is 6.68. The summed E-state index contributed by atoms with van der Waals surface area (Å²) >= 11 is 6.34. The van der Waals surface area contributed by atoms with Crippen LogP contribution in [0.25, 0.3) is 22.5 Å². The van der Waals surface area contributed by atoms with Crippen molar-refractivity contribution in [2.45, 2.75) is 6.04 Å². The van der Waals surface area contributed by atoms with Gasteiger partial charge in [-0.1, -0.05) is 16.8 Å². The zero-order valence-electron chi connectivity index (χ0n) is 12.8. The third-order valence-electron chi connectivity index (χ3n) is 4.16. The van der Waals surface area contributed by atoms with Crippen LogP contribution in [0.2, 0.25) is 5.02 Å².